The molecule has 0 radical (unpaired) electrons. The fraction of sp³-hybridized carbons (Fsp3) is 0.120. The number of imide groups is 1. The molecule has 6 rings (SSSR count). The third-order valence-electron chi connectivity index (χ3n) is 6.04. The highest BCUT2D eigenvalue weighted by Crippen LogP contribution is 2.36. The van der Waals surface area contributed by atoms with Crippen LogP contribution in [0.2, 0.25) is 0 Å². The second-order valence-electron chi connectivity index (χ2n) is 8.15. The van der Waals surface area contributed by atoms with Crippen molar-refractivity contribution in [1.82, 2.24) is 4.98 Å². The SMILES string of the molecule is C[C@@H]1Cc2ccccc2N1C(=O)Nc1ccc2nc(N3C(=O)c4ccccc4C3=O)sc2c1. The number of benzene rings is 3. The molecule has 7 nitrogen and oxygen atoms in total. The highest BCUT2D eigenvalue weighted by atomic mass is 32.1. The number of urea groups is 1. The summed E-state index contributed by atoms with van der Waals surface area (Å²) < 4.78 is 0.772. The minimum absolute atomic E-state index is 0.0648. The summed E-state index contributed by atoms with van der Waals surface area (Å²) in [7, 11) is 0. The molecule has 0 saturated heterocycles. The van der Waals surface area contributed by atoms with Gasteiger partial charge in [0.2, 0.25) is 5.13 Å². The molecule has 1 aromatic heterocycles. The molecule has 0 fully saturated rings. The van der Waals surface area contributed by atoms with Crippen molar-refractivity contribution in [1.29, 1.82) is 0 Å². The van der Waals surface area contributed by atoms with E-state index in [4.69, 9.17) is 0 Å². The van der Waals surface area contributed by atoms with Crippen molar-refractivity contribution in [3.8, 4) is 0 Å². The maximum absolute atomic E-state index is 13.1. The highest BCUT2D eigenvalue weighted by molar-refractivity contribution is 7.22. The lowest BCUT2D eigenvalue weighted by Crippen LogP contribution is -2.39. The fourth-order valence-corrected chi connectivity index (χ4v) is 5.51. The molecule has 3 aromatic carbocycles. The lowest BCUT2D eigenvalue weighted by molar-refractivity contribution is 0.0926. The lowest BCUT2D eigenvalue weighted by atomic mass is 10.1. The van der Waals surface area contributed by atoms with Gasteiger partial charge in [-0.2, -0.15) is 0 Å². The first-order chi connectivity index (χ1) is 16.0. The normalized spacial score (nSPS) is 16.9. The largest absolute Gasteiger partial charge is 0.326 e. The molecule has 1 atom stereocenters. The van der Waals surface area contributed by atoms with E-state index in [9.17, 15) is 14.4 Å². The predicted octanol–water partition coefficient (Wildman–Crippen LogP) is 5.08. The van der Waals surface area contributed by atoms with E-state index >= 15 is 0 Å². The van der Waals surface area contributed by atoms with Crippen molar-refractivity contribution in [2.75, 3.05) is 15.1 Å². The standard InChI is InChI=1S/C25H18N4O3S/c1-14-12-15-6-2-5-9-20(15)28(14)24(32)26-16-10-11-19-21(13-16)33-25(27-19)29-22(30)17-7-3-4-8-18(17)23(29)31/h2-11,13-14H,12H2,1H3,(H,26,32)/t14-/m1/s1. The Morgan fingerprint density at radius 2 is 1.70 bits per heavy atom. The van der Waals surface area contributed by atoms with Gasteiger partial charge in [-0.05, 0) is 55.3 Å². The smallest absolute Gasteiger partial charge is 0.307 e. The Morgan fingerprint density at radius 1 is 1.00 bits per heavy atom. The second-order valence-corrected chi connectivity index (χ2v) is 9.16. The predicted molar refractivity (Wildman–Crippen MR) is 128 cm³/mol. The Morgan fingerprint density at radius 3 is 2.45 bits per heavy atom. The quantitative estimate of drug-likeness (QED) is 0.428. The Kier molecular flexibility index (Phi) is 4.31. The van der Waals surface area contributed by atoms with E-state index in [2.05, 4.69) is 10.3 Å². The zero-order valence-corrected chi connectivity index (χ0v) is 18.4. The molecule has 2 aliphatic rings. The minimum atomic E-state index is -0.370. The van der Waals surface area contributed by atoms with E-state index in [-0.39, 0.29) is 23.9 Å². The van der Waals surface area contributed by atoms with Crippen molar-refractivity contribution in [2.45, 2.75) is 19.4 Å². The van der Waals surface area contributed by atoms with Crippen LogP contribution in [0.1, 0.15) is 33.2 Å². The first-order valence-corrected chi connectivity index (χ1v) is 11.4. The van der Waals surface area contributed by atoms with Crippen LogP contribution in [0.15, 0.2) is 66.7 Å². The number of rotatable bonds is 2. The molecular weight excluding hydrogens is 436 g/mol. The number of fused-ring (bicyclic) bond motifs is 3. The van der Waals surface area contributed by atoms with Crippen LogP contribution in [0.5, 0.6) is 0 Å². The second kappa shape index (κ2) is 7.25. The summed E-state index contributed by atoms with van der Waals surface area (Å²) in [5.41, 5.74) is 4.13. The molecule has 4 aromatic rings. The molecule has 4 amide bonds. The van der Waals surface area contributed by atoms with Gasteiger partial charge in [0.15, 0.2) is 0 Å². The van der Waals surface area contributed by atoms with Crippen LogP contribution in [-0.4, -0.2) is 28.9 Å². The number of carbonyl (C=O) groups is 3. The topological polar surface area (TPSA) is 82.6 Å². The number of hydrogen-bond acceptors (Lipinski definition) is 5. The summed E-state index contributed by atoms with van der Waals surface area (Å²) in [6, 6.07) is 19.9. The Labute approximate surface area is 193 Å². The lowest BCUT2D eigenvalue weighted by Gasteiger charge is -2.23. The van der Waals surface area contributed by atoms with E-state index in [1.54, 1.807) is 41.3 Å². The van der Waals surface area contributed by atoms with Crippen LogP contribution in [0.3, 0.4) is 0 Å². The molecule has 0 unspecified atom stereocenters. The van der Waals surface area contributed by atoms with Crippen molar-refractivity contribution in [3.05, 3.63) is 83.4 Å². The molecule has 33 heavy (non-hydrogen) atoms. The van der Waals surface area contributed by atoms with Crippen LogP contribution >= 0.6 is 11.3 Å². The van der Waals surface area contributed by atoms with Gasteiger partial charge in [-0.25, -0.2) is 14.7 Å². The Bertz CT molecular complexity index is 1440. The van der Waals surface area contributed by atoms with Crippen LogP contribution in [0, 0.1) is 0 Å². The highest BCUT2D eigenvalue weighted by Gasteiger charge is 2.38. The Hall–Kier alpha value is -4.04. The number of aromatic nitrogens is 1. The molecule has 162 valence electrons. The van der Waals surface area contributed by atoms with E-state index in [0.717, 1.165) is 27.3 Å². The molecule has 0 aliphatic carbocycles. The van der Waals surface area contributed by atoms with Gasteiger partial charge in [-0.3, -0.25) is 14.5 Å². The molecule has 2 aliphatic heterocycles. The average Bonchev–Trinajstić information content (AvgIpc) is 3.45. The van der Waals surface area contributed by atoms with E-state index in [1.165, 1.54) is 11.3 Å². The zero-order valence-electron chi connectivity index (χ0n) is 17.6. The zero-order chi connectivity index (χ0) is 22.7. The van der Waals surface area contributed by atoms with E-state index < -0.39 is 0 Å². The third-order valence-corrected chi connectivity index (χ3v) is 7.04. The molecule has 0 spiro atoms. The molecule has 1 N–H and O–H groups in total. The minimum Gasteiger partial charge on any atom is -0.307 e. The maximum Gasteiger partial charge on any atom is 0.326 e. The number of thiazole rings is 1. The molecular formula is C25H18N4O3S. The summed E-state index contributed by atoms with van der Waals surface area (Å²) in [6.07, 6.45) is 0.821. The average molecular weight is 455 g/mol. The number of nitrogens with one attached hydrogen (secondary N) is 1. The molecule has 8 heteroatoms. The number of anilines is 3. The molecule has 0 saturated carbocycles. The van der Waals surface area contributed by atoms with Gasteiger partial charge in [0.25, 0.3) is 11.8 Å². The summed E-state index contributed by atoms with van der Waals surface area (Å²) in [4.78, 5) is 46.0. The fourth-order valence-electron chi connectivity index (χ4n) is 4.51. The summed E-state index contributed by atoms with van der Waals surface area (Å²) in [5, 5.41) is 3.30. The van der Waals surface area contributed by atoms with E-state index in [0.29, 0.717) is 27.5 Å². The summed E-state index contributed by atoms with van der Waals surface area (Å²) in [5.74, 6) is -0.741. The van der Waals surface area contributed by atoms with Crippen molar-refractivity contribution in [3.63, 3.8) is 0 Å². The monoisotopic (exact) mass is 454 g/mol. The number of hydrogen-bond donors (Lipinski definition) is 1. The summed E-state index contributed by atoms with van der Waals surface area (Å²) in [6.45, 7) is 2.03. The molecule has 0 bridgehead atoms. The van der Waals surface area contributed by atoms with Crippen molar-refractivity contribution >= 4 is 55.9 Å². The third kappa shape index (κ3) is 3.02. The first-order valence-electron chi connectivity index (χ1n) is 10.6. The Balaban J connectivity index is 1.28. The van der Waals surface area contributed by atoms with Crippen molar-refractivity contribution < 1.29 is 14.4 Å². The number of carbonyl (C=O) groups excluding carboxylic acids is 3. The number of nitrogens with zero attached hydrogens (tertiary/aromatic N) is 3. The van der Waals surface area contributed by atoms with Gasteiger partial charge in [-0.15, -0.1) is 0 Å². The van der Waals surface area contributed by atoms with Crippen LogP contribution in [0.4, 0.5) is 21.3 Å². The maximum atomic E-state index is 13.1. The first kappa shape index (κ1) is 19.6. The number of amides is 4. The van der Waals surface area contributed by atoms with Gasteiger partial charge in [0.1, 0.15) is 0 Å². The van der Waals surface area contributed by atoms with Crippen molar-refractivity contribution in [2.24, 2.45) is 0 Å². The number of para-hydroxylation sites is 1. The van der Waals surface area contributed by atoms with Gasteiger partial charge < -0.3 is 5.32 Å². The van der Waals surface area contributed by atoms with E-state index in [1.807, 2.05) is 37.3 Å². The van der Waals surface area contributed by atoms with Crippen LogP contribution < -0.4 is 15.1 Å². The van der Waals surface area contributed by atoms with Gasteiger partial charge in [0.05, 0.1) is 21.3 Å². The molecule has 3 heterocycles. The van der Waals surface area contributed by atoms with Gasteiger partial charge in [-0.1, -0.05) is 41.7 Å². The van der Waals surface area contributed by atoms with Crippen LogP contribution in [0.25, 0.3) is 10.2 Å². The van der Waals surface area contributed by atoms with Crippen LogP contribution in [-0.2, 0) is 6.42 Å². The van der Waals surface area contributed by atoms with Gasteiger partial charge in [0, 0.05) is 17.4 Å². The van der Waals surface area contributed by atoms with Gasteiger partial charge >= 0.3 is 6.03 Å². The summed E-state index contributed by atoms with van der Waals surface area (Å²) >= 11 is 1.24.